The topological polar surface area (TPSA) is 38.8 Å². The smallest absolute Gasteiger partial charge is 0.260 e. The molecule has 0 aliphatic carbocycles. The Hall–Kier alpha value is -2.49. The van der Waals surface area contributed by atoms with Crippen LogP contribution in [0.25, 0.3) is 0 Å². The third-order valence-corrected chi connectivity index (χ3v) is 3.92. The largest absolute Gasteiger partial charge is 0.493 e. The van der Waals surface area contributed by atoms with Crippen LogP contribution in [0.15, 0.2) is 48.5 Å². The van der Waals surface area contributed by atoms with Crippen molar-refractivity contribution in [2.45, 2.75) is 20.3 Å². The molecule has 24 heavy (non-hydrogen) atoms. The number of ether oxygens (including phenoxy) is 2. The molecule has 0 aliphatic rings. The molecule has 2 rings (SSSR count). The van der Waals surface area contributed by atoms with Crippen LogP contribution in [0.2, 0.25) is 0 Å². The Kier molecular flexibility index (Phi) is 6.67. The fourth-order valence-electron chi connectivity index (χ4n) is 2.49. The van der Waals surface area contributed by atoms with E-state index < -0.39 is 0 Å². The summed E-state index contributed by atoms with van der Waals surface area (Å²) in [5.41, 5.74) is 2.31. The van der Waals surface area contributed by atoms with Gasteiger partial charge in [0.2, 0.25) is 0 Å². The van der Waals surface area contributed by atoms with Crippen LogP contribution < -0.4 is 9.47 Å². The second-order valence-corrected chi connectivity index (χ2v) is 5.65. The number of amides is 1. The van der Waals surface area contributed by atoms with Crippen LogP contribution in [-0.4, -0.2) is 37.6 Å². The summed E-state index contributed by atoms with van der Waals surface area (Å²) in [7, 11) is 1.60. The van der Waals surface area contributed by atoms with Crippen LogP contribution in [0.1, 0.15) is 18.1 Å². The number of benzene rings is 2. The van der Waals surface area contributed by atoms with Gasteiger partial charge in [-0.3, -0.25) is 4.79 Å². The predicted octanol–water partition coefficient (Wildman–Crippen LogP) is 3.47. The molecule has 0 unspecified atom stereocenters. The average molecular weight is 327 g/mol. The molecule has 0 saturated carbocycles. The summed E-state index contributed by atoms with van der Waals surface area (Å²) >= 11 is 0. The lowest BCUT2D eigenvalue weighted by Gasteiger charge is -2.21. The molecule has 2 aromatic carbocycles. The fraction of sp³-hybridized carbons (Fsp3) is 0.350. The number of hydrogen-bond acceptors (Lipinski definition) is 3. The number of rotatable bonds is 8. The SMILES string of the molecule is CCN(CCc1ccccc1)C(=O)COc1ccc(C)cc1OC. The zero-order chi connectivity index (χ0) is 17.4. The van der Waals surface area contributed by atoms with E-state index in [1.54, 1.807) is 7.11 Å². The number of carbonyl (C=O) groups excluding carboxylic acids is 1. The molecule has 128 valence electrons. The van der Waals surface area contributed by atoms with Gasteiger partial charge in [0.15, 0.2) is 18.1 Å². The highest BCUT2D eigenvalue weighted by Gasteiger charge is 2.14. The second-order valence-electron chi connectivity index (χ2n) is 5.65. The molecule has 0 atom stereocenters. The van der Waals surface area contributed by atoms with E-state index in [1.807, 2.05) is 55.1 Å². The molecule has 0 radical (unpaired) electrons. The van der Waals surface area contributed by atoms with Gasteiger partial charge in [0.1, 0.15) is 0 Å². The maximum Gasteiger partial charge on any atom is 0.260 e. The number of methoxy groups -OCH3 is 1. The fourth-order valence-corrected chi connectivity index (χ4v) is 2.49. The van der Waals surface area contributed by atoms with Crippen molar-refractivity contribution in [1.82, 2.24) is 4.90 Å². The summed E-state index contributed by atoms with van der Waals surface area (Å²) in [5, 5.41) is 0. The summed E-state index contributed by atoms with van der Waals surface area (Å²) < 4.78 is 11.0. The summed E-state index contributed by atoms with van der Waals surface area (Å²) in [6.07, 6.45) is 0.842. The molecule has 0 N–H and O–H groups in total. The Balaban J connectivity index is 1.90. The first-order chi connectivity index (χ1) is 11.6. The Bertz CT molecular complexity index is 655. The van der Waals surface area contributed by atoms with Gasteiger partial charge in [-0.15, -0.1) is 0 Å². The molecule has 2 aromatic rings. The highest BCUT2D eigenvalue weighted by molar-refractivity contribution is 5.77. The molecule has 0 spiro atoms. The van der Waals surface area contributed by atoms with Crippen LogP contribution in [0.5, 0.6) is 11.5 Å². The van der Waals surface area contributed by atoms with Crippen molar-refractivity contribution in [3.8, 4) is 11.5 Å². The van der Waals surface area contributed by atoms with Crippen molar-refractivity contribution in [2.75, 3.05) is 26.8 Å². The zero-order valence-corrected chi connectivity index (χ0v) is 14.6. The Labute approximate surface area is 144 Å². The Morgan fingerprint density at radius 1 is 1.08 bits per heavy atom. The molecular formula is C20H25NO3. The third kappa shape index (κ3) is 5.01. The first kappa shape index (κ1) is 17.9. The van der Waals surface area contributed by atoms with Crippen LogP contribution >= 0.6 is 0 Å². The maximum atomic E-state index is 12.4. The van der Waals surface area contributed by atoms with Crippen LogP contribution in [-0.2, 0) is 11.2 Å². The normalized spacial score (nSPS) is 10.3. The molecule has 0 heterocycles. The highest BCUT2D eigenvalue weighted by Crippen LogP contribution is 2.27. The lowest BCUT2D eigenvalue weighted by Crippen LogP contribution is -2.36. The second kappa shape index (κ2) is 8.96. The lowest BCUT2D eigenvalue weighted by atomic mass is 10.1. The van der Waals surface area contributed by atoms with Gasteiger partial charge in [0.05, 0.1) is 7.11 Å². The van der Waals surface area contributed by atoms with Gasteiger partial charge in [-0.05, 0) is 43.5 Å². The molecule has 0 saturated heterocycles. The molecule has 0 fully saturated rings. The van der Waals surface area contributed by atoms with E-state index in [0.29, 0.717) is 24.6 Å². The van der Waals surface area contributed by atoms with Crippen molar-refractivity contribution in [3.63, 3.8) is 0 Å². The van der Waals surface area contributed by atoms with Crippen molar-refractivity contribution in [1.29, 1.82) is 0 Å². The van der Waals surface area contributed by atoms with Gasteiger partial charge < -0.3 is 14.4 Å². The number of nitrogens with zero attached hydrogens (tertiary/aromatic N) is 1. The zero-order valence-electron chi connectivity index (χ0n) is 14.6. The van der Waals surface area contributed by atoms with Gasteiger partial charge in [-0.1, -0.05) is 36.4 Å². The molecule has 4 heteroatoms. The van der Waals surface area contributed by atoms with Gasteiger partial charge in [-0.2, -0.15) is 0 Å². The molecule has 1 amide bonds. The van der Waals surface area contributed by atoms with Crippen LogP contribution in [0.3, 0.4) is 0 Å². The van der Waals surface area contributed by atoms with Crippen molar-refractivity contribution >= 4 is 5.91 Å². The standard InChI is InChI=1S/C20H25NO3/c1-4-21(13-12-17-8-6-5-7-9-17)20(22)15-24-18-11-10-16(2)14-19(18)23-3/h5-11,14H,4,12-13,15H2,1-3H3. The average Bonchev–Trinajstić information content (AvgIpc) is 2.61. The van der Waals surface area contributed by atoms with E-state index in [9.17, 15) is 4.79 Å². The highest BCUT2D eigenvalue weighted by atomic mass is 16.5. The van der Waals surface area contributed by atoms with E-state index in [2.05, 4.69) is 12.1 Å². The lowest BCUT2D eigenvalue weighted by molar-refractivity contribution is -0.133. The summed E-state index contributed by atoms with van der Waals surface area (Å²) in [6.45, 7) is 5.34. The summed E-state index contributed by atoms with van der Waals surface area (Å²) in [6, 6.07) is 15.8. The quantitative estimate of drug-likeness (QED) is 0.745. The van der Waals surface area contributed by atoms with Gasteiger partial charge in [0, 0.05) is 13.1 Å². The molecule has 0 bridgehead atoms. The van der Waals surface area contributed by atoms with E-state index in [-0.39, 0.29) is 12.5 Å². The number of aryl methyl sites for hydroxylation is 1. The van der Waals surface area contributed by atoms with Crippen LogP contribution in [0, 0.1) is 6.92 Å². The minimum absolute atomic E-state index is 0.0159. The van der Waals surface area contributed by atoms with E-state index in [1.165, 1.54) is 5.56 Å². The molecular weight excluding hydrogens is 302 g/mol. The van der Waals surface area contributed by atoms with Gasteiger partial charge in [-0.25, -0.2) is 0 Å². The van der Waals surface area contributed by atoms with Gasteiger partial charge in [0.25, 0.3) is 5.91 Å². The van der Waals surface area contributed by atoms with E-state index >= 15 is 0 Å². The van der Waals surface area contributed by atoms with Crippen molar-refractivity contribution in [2.24, 2.45) is 0 Å². The first-order valence-electron chi connectivity index (χ1n) is 8.23. The number of likely N-dealkylation sites (N-methyl/N-ethyl adjacent to an activating group) is 1. The number of hydrogen-bond donors (Lipinski definition) is 0. The molecule has 0 aromatic heterocycles. The van der Waals surface area contributed by atoms with E-state index in [4.69, 9.17) is 9.47 Å². The van der Waals surface area contributed by atoms with E-state index in [0.717, 1.165) is 12.0 Å². The summed E-state index contributed by atoms with van der Waals surface area (Å²) in [5.74, 6) is 1.22. The van der Waals surface area contributed by atoms with Crippen molar-refractivity contribution < 1.29 is 14.3 Å². The first-order valence-corrected chi connectivity index (χ1v) is 8.23. The minimum Gasteiger partial charge on any atom is -0.493 e. The third-order valence-electron chi connectivity index (χ3n) is 3.92. The Morgan fingerprint density at radius 3 is 2.50 bits per heavy atom. The van der Waals surface area contributed by atoms with Crippen LogP contribution in [0.4, 0.5) is 0 Å². The maximum absolute atomic E-state index is 12.4. The molecule has 0 aliphatic heterocycles. The summed E-state index contributed by atoms with van der Waals surface area (Å²) in [4.78, 5) is 14.2. The monoisotopic (exact) mass is 327 g/mol. The van der Waals surface area contributed by atoms with Crippen molar-refractivity contribution in [3.05, 3.63) is 59.7 Å². The number of carbonyl (C=O) groups is 1. The Morgan fingerprint density at radius 2 is 1.83 bits per heavy atom. The molecule has 4 nitrogen and oxygen atoms in total. The minimum atomic E-state index is -0.0175. The van der Waals surface area contributed by atoms with Gasteiger partial charge >= 0.3 is 0 Å². The predicted molar refractivity (Wildman–Crippen MR) is 95.6 cm³/mol.